The van der Waals surface area contributed by atoms with Gasteiger partial charge < -0.3 is 17.2 Å². The van der Waals surface area contributed by atoms with Crippen molar-refractivity contribution in [2.75, 3.05) is 0 Å². The first-order valence-electron chi connectivity index (χ1n) is 5.17. The summed E-state index contributed by atoms with van der Waals surface area (Å²) in [6.45, 7) is 0. The van der Waals surface area contributed by atoms with Crippen LogP contribution in [0, 0.1) is 0 Å². The van der Waals surface area contributed by atoms with Crippen LogP contribution in [0.25, 0.3) is 0 Å². The van der Waals surface area contributed by atoms with Crippen molar-refractivity contribution in [1.82, 2.24) is 0 Å². The van der Waals surface area contributed by atoms with Crippen molar-refractivity contribution < 1.29 is 0 Å². The van der Waals surface area contributed by atoms with E-state index in [9.17, 15) is 0 Å². The van der Waals surface area contributed by atoms with Gasteiger partial charge in [-0.25, -0.2) is 0 Å². The molecule has 1 aromatic carbocycles. The molecule has 0 radical (unpaired) electrons. The largest absolute Gasteiger partial charge is 0.389 e. The van der Waals surface area contributed by atoms with Crippen LogP contribution < -0.4 is 17.2 Å². The summed E-state index contributed by atoms with van der Waals surface area (Å²) in [4.78, 5) is 0.407. The molecule has 2 rings (SSSR count). The van der Waals surface area contributed by atoms with Gasteiger partial charge in [-0.2, -0.15) is 5.10 Å². The van der Waals surface area contributed by atoms with E-state index >= 15 is 0 Å². The molecule has 0 atom stereocenters. The number of fused-ring (bicyclic) bond motifs is 1. The first-order valence-corrected chi connectivity index (χ1v) is 5.58. The van der Waals surface area contributed by atoms with Crippen LogP contribution >= 0.6 is 24.6 Å². The number of nitrogens with zero attached hydrogens (tertiary/aromatic N) is 2. The summed E-state index contributed by atoms with van der Waals surface area (Å²) in [5.41, 5.74) is 20.1. The number of halogens is 1. The van der Waals surface area contributed by atoms with Crippen molar-refractivity contribution in [3.05, 3.63) is 34.9 Å². The van der Waals surface area contributed by atoms with Crippen LogP contribution in [0.1, 0.15) is 23.1 Å². The molecular weight excluding hydrogens is 270 g/mol. The average Bonchev–Trinajstić information content (AvgIpc) is 2.68. The summed E-state index contributed by atoms with van der Waals surface area (Å²) < 4.78 is 0. The van der Waals surface area contributed by atoms with Gasteiger partial charge in [-0.3, -0.25) is 0 Å². The van der Waals surface area contributed by atoms with Crippen molar-refractivity contribution in [1.29, 1.82) is 0 Å². The lowest BCUT2D eigenvalue weighted by molar-refractivity contribution is 1.07. The number of guanidine groups is 1. The Morgan fingerprint density at radius 1 is 1.17 bits per heavy atom. The molecule has 0 spiro atoms. The Labute approximate surface area is 117 Å². The summed E-state index contributed by atoms with van der Waals surface area (Å²) in [5, 5.41) is 7.71. The molecule has 1 aromatic rings. The third-order valence-electron chi connectivity index (χ3n) is 2.65. The number of hydrogen-bond donors (Lipinski definition) is 3. The lowest BCUT2D eigenvalue weighted by atomic mass is 10.0. The Morgan fingerprint density at radius 3 is 2.50 bits per heavy atom. The van der Waals surface area contributed by atoms with Crippen molar-refractivity contribution in [2.45, 2.75) is 12.8 Å². The van der Waals surface area contributed by atoms with Crippen LogP contribution in [0.15, 0.2) is 28.4 Å². The van der Waals surface area contributed by atoms with Gasteiger partial charge in [0.1, 0.15) is 4.99 Å². The summed E-state index contributed by atoms with van der Waals surface area (Å²) >= 11 is 5.02. The summed E-state index contributed by atoms with van der Waals surface area (Å²) in [6.07, 6.45) is 1.66. The van der Waals surface area contributed by atoms with Crippen LogP contribution in [-0.2, 0) is 6.42 Å². The van der Waals surface area contributed by atoms with Gasteiger partial charge in [-0.1, -0.05) is 30.4 Å². The minimum atomic E-state index is -0.0450. The molecule has 0 heterocycles. The SMILES string of the molecule is Cl.NC(=S)c1cccc2c1CCC2=NN=C(N)N. The van der Waals surface area contributed by atoms with Gasteiger partial charge in [-0.05, 0) is 18.4 Å². The molecule has 0 unspecified atom stereocenters. The highest BCUT2D eigenvalue weighted by atomic mass is 35.5. The van der Waals surface area contributed by atoms with Gasteiger partial charge >= 0.3 is 0 Å². The molecule has 1 aliphatic rings. The number of rotatable bonds is 2. The average molecular weight is 284 g/mol. The molecule has 0 fully saturated rings. The molecule has 0 aromatic heterocycles. The van der Waals surface area contributed by atoms with Gasteiger partial charge in [0, 0.05) is 11.1 Å². The quantitative estimate of drug-likeness (QED) is 0.321. The fourth-order valence-corrected chi connectivity index (χ4v) is 2.15. The van der Waals surface area contributed by atoms with Gasteiger partial charge in [0.25, 0.3) is 0 Å². The van der Waals surface area contributed by atoms with Crippen molar-refractivity contribution in [3.8, 4) is 0 Å². The van der Waals surface area contributed by atoms with Crippen LogP contribution in [0.2, 0.25) is 0 Å². The van der Waals surface area contributed by atoms with Gasteiger partial charge in [0.15, 0.2) is 0 Å². The third-order valence-corrected chi connectivity index (χ3v) is 2.87. The molecule has 0 bridgehead atoms. The third kappa shape index (κ3) is 2.77. The van der Waals surface area contributed by atoms with E-state index in [4.69, 9.17) is 29.4 Å². The lowest BCUT2D eigenvalue weighted by Gasteiger charge is -2.05. The fraction of sp³-hybridized carbons (Fsp3) is 0.182. The van der Waals surface area contributed by atoms with E-state index in [0.29, 0.717) is 4.99 Å². The van der Waals surface area contributed by atoms with Gasteiger partial charge in [-0.15, -0.1) is 17.5 Å². The molecule has 0 saturated heterocycles. The number of nitrogens with two attached hydrogens (primary N) is 3. The maximum atomic E-state index is 5.68. The zero-order valence-electron chi connectivity index (χ0n) is 9.59. The van der Waals surface area contributed by atoms with E-state index in [-0.39, 0.29) is 18.4 Å². The fourth-order valence-electron chi connectivity index (χ4n) is 1.96. The monoisotopic (exact) mass is 283 g/mol. The zero-order valence-corrected chi connectivity index (χ0v) is 11.2. The minimum Gasteiger partial charge on any atom is -0.389 e. The number of thiocarbonyl (C=S) groups is 1. The van der Waals surface area contributed by atoms with E-state index in [1.165, 1.54) is 0 Å². The van der Waals surface area contributed by atoms with Gasteiger partial charge in [0.05, 0.1) is 5.71 Å². The molecule has 6 N–H and O–H groups in total. The molecular formula is C11H14ClN5S. The highest BCUT2D eigenvalue weighted by molar-refractivity contribution is 7.80. The van der Waals surface area contributed by atoms with Gasteiger partial charge in [0.2, 0.25) is 5.96 Å². The Hall–Kier alpha value is -1.66. The summed E-state index contributed by atoms with van der Waals surface area (Å²) in [6, 6.07) is 5.81. The first kappa shape index (κ1) is 14.4. The van der Waals surface area contributed by atoms with E-state index in [1.54, 1.807) is 0 Å². The van der Waals surface area contributed by atoms with E-state index < -0.39 is 0 Å². The highest BCUT2D eigenvalue weighted by Gasteiger charge is 2.21. The second-order valence-electron chi connectivity index (χ2n) is 3.77. The van der Waals surface area contributed by atoms with E-state index in [0.717, 1.165) is 35.2 Å². The lowest BCUT2D eigenvalue weighted by Crippen LogP contribution is -2.22. The minimum absolute atomic E-state index is 0. The predicted octanol–water partition coefficient (Wildman–Crippen LogP) is 0.666. The molecule has 0 saturated carbocycles. The van der Waals surface area contributed by atoms with Crippen LogP contribution in [0.4, 0.5) is 0 Å². The zero-order chi connectivity index (χ0) is 12.4. The Kier molecular flexibility index (Phi) is 4.63. The Balaban J connectivity index is 0.00000162. The second kappa shape index (κ2) is 5.79. The maximum Gasteiger partial charge on any atom is 0.211 e. The van der Waals surface area contributed by atoms with Crippen LogP contribution in [0.3, 0.4) is 0 Å². The normalized spacial score (nSPS) is 14.8. The first-order chi connectivity index (χ1) is 8.09. The Bertz CT molecular complexity index is 534. The van der Waals surface area contributed by atoms with Crippen LogP contribution in [0.5, 0.6) is 0 Å². The standard InChI is InChI=1S/C11H13N5S.ClH/c12-10(17)8-3-1-2-7-6(8)4-5-9(7)15-16-11(13)14;/h1-3H,4-5H2,(H2,12,17)(H4,13,14,16);1H. The smallest absolute Gasteiger partial charge is 0.211 e. The highest BCUT2D eigenvalue weighted by Crippen LogP contribution is 2.26. The van der Waals surface area contributed by atoms with Crippen LogP contribution in [-0.4, -0.2) is 16.7 Å². The topological polar surface area (TPSA) is 103 Å². The van der Waals surface area contributed by atoms with Crippen molar-refractivity contribution >= 4 is 41.3 Å². The molecule has 0 aliphatic heterocycles. The number of benzene rings is 1. The predicted molar refractivity (Wildman–Crippen MR) is 80.2 cm³/mol. The van der Waals surface area contributed by atoms with E-state index in [2.05, 4.69) is 10.2 Å². The molecule has 0 amide bonds. The summed E-state index contributed by atoms with van der Waals surface area (Å²) in [5.74, 6) is -0.0450. The maximum absolute atomic E-state index is 5.68. The summed E-state index contributed by atoms with van der Waals surface area (Å²) in [7, 11) is 0. The van der Waals surface area contributed by atoms with Crippen molar-refractivity contribution in [2.24, 2.45) is 27.4 Å². The number of hydrogen-bond acceptors (Lipinski definition) is 3. The molecule has 7 heteroatoms. The molecule has 96 valence electrons. The molecule has 18 heavy (non-hydrogen) atoms. The van der Waals surface area contributed by atoms with E-state index in [1.807, 2.05) is 18.2 Å². The Morgan fingerprint density at radius 2 is 1.89 bits per heavy atom. The second-order valence-corrected chi connectivity index (χ2v) is 4.21. The van der Waals surface area contributed by atoms with Crippen molar-refractivity contribution in [3.63, 3.8) is 0 Å². The molecule has 1 aliphatic carbocycles. The molecule has 5 nitrogen and oxygen atoms in total.